The van der Waals surface area contributed by atoms with E-state index in [1.807, 2.05) is 73.7 Å². The molecular weight excluding hydrogens is 424 g/mol. The van der Waals surface area contributed by atoms with Gasteiger partial charge in [0.05, 0.1) is 29.7 Å². The van der Waals surface area contributed by atoms with Crippen LogP contribution in [0, 0.1) is 0 Å². The van der Waals surface area contributed by atoms with Gasteiger partial charge in [0.2, 0.25) is 5.91 Å². The Labute approximate surface area is 191 Å². The van der Waals surface area contributed by atoms with Gasteiger partial charge in [-0.2, -0.15) is 0 Å². The summed E-state index contributed by atoms with van der Waals surface area (Å²) in [5.74, 6) is 0.142. The van der Waals surface area contributed by atoms with Gasteiger partial charge in [-0.3, -0.25) is 9.69 Å². The van der Waals surface area contributed by atoms with Crippen molar-refractivity contribution in [1.29, 1.82) is 0 Å². The number of allylic oxidation sites excluding steroid dienone is 1. The van der Waals surface area contributed by atoms with E-state index in [4.69, 9.17) is 9.47 Å². The lowest BCUT2D eigenvalue weighted by atomic mass is 10.00. The molecule has 0 bridgehead atoms. The average Bonchev–Trinajstić information content (AvgIpc) is 3.09. The van der Waals surface area contributed by atoms with Crippen molar-refractivity contribution in [2.45, 2.75) is 31.7 Å². The smallest absolute Gasteiger partial charge is 0.338 e. The van der Waals surface area contributed by atoms with Gasteiger partial charge >= 0.3 is 5.97 Å². The molecule has 2 aliphatic heterocycles. The van der Waals surface area contributed by atoms with Gasteiger partial charge in [-0.25, -0.2) is 9.79 Å². The molecule has 2 aromatic rings. The Balaban J connectivity index is 1.67. The zero-order chi connectivity index (χ0) is 22.7. The van der Waals surface area contributed by atoms with Crippen LogP contribution in [0.2, 0.25) is 0 Å². The molecule has 1 amide bonds. The van der Waals surface area contributed by atoms with E-state index in [1.165, 1.54) is 11.8 Å². The molecule has 6 nitrogen and oxygen atoms in total. The number of para-hydroxylation sites is 1. The summed E-state index contributed by atoms with van der Waals surface area (Å²) in [5, 5.41) is 0.345. The molecular formula is C25H24N2O4S. The second kappa shape index (κ2) is 9.44. The van der Waals surface area contributed by atoms with Crippen molar-refractivity contribution in [2.24, 2.45) is 4.99 Å². The second-order valence-corrected chi connectivity index (χ2v) is 8.78. The van der Waals surface area contributed by atoms with Crippen LogP contribution in [0.25, 0.3) is 6.08 Å². The number of thioether (sulfide) groups is 1. The molecule has 0 unspecified atom stereocenters. The van der Waals surface area contributed by atoms with Crippen LogP contribution in [0.15, 0.2) is 76.9 Å². The lowest BCUT2D eigenvalue weighted by Crippen LogP contribution is -2.45. The molecule has 0 spiro atoms. The van der Waals surface area contributed by atoms with Crippen LogP contribution >= 0.6 is 11.8 Å². The number of ether oxygens (including phenoxy) is 2. The number of fused-ring (bicyclic) bond motifs is 1. The summed E-state index contributed by atoms with van der Waals surface area (Å²) in [6.07, 6.45) is 3.71. The van der Waals surface area contributed by atoms with E-state index in [-0.39, 0.29) is 17.8 Å². The number of amides is 1. The van der Waals surface area contributed by atoms with Crippen LogP contribution in [0.3, 0.4) is 0 Å². The first-order chi connectivity index (χ1) is 15.5. The Morgan fingerprint density at radius 3 is 2.62 bits per heavy atom. The Hall–Kier alpha value is -3.32. The second-order valence-electron chi connectivity index (χ2n) is 7.47. The number of aliphatic imine (C=N–C) groups is 1. The molecule has 0 N–H and O–H groups in total. The number of rotatable bonds is 6. The number of hydrogen-bond acceptors (Lipinski definition) is 6. The highest BCUT2D eigenvalue weighted by molar-refractivity contribution is 8.15. The van der Waals surface area contributed by atoms with Gasteiger partial charge in [-0.05, 0) is 25.5 Å². The maximum absolute atomic E-state index is 13.2. The highest BCUT2D eigenvalue weighted by Crippen LogP contribution is 2.37. The quantitative estimate of drug-likeness (QED) is 0.612. The van der Waals surface area contributed by atoms with E-state index in [0.29, 0.717) is 22.2 Å². The molecule has 0 aromatic heterocycles. The minimum absolute atomic E-state index is 0.0794. The van der Waals surface area contributed by atoms with Crippen molar-refractivity contribution in [3.8, 4) is 5.75 Å². The van der Waals surface area contributed by atoms with Gasteiger partial charge in [0.25, 0.3) is 0 Å². The van der Waals surface area contributed by atoms with Gasteiger partial charge < -0.3 is 9.47 Å². The van der Waals surface area contributed by atoms with E-state index in [2.05, 4.69) is 4.99 Å². The molecule has 2 aliphatic rings. The summed E-state index contributed by atoms with van der Waals surface area (Å²) in [6.45, 7) is 3.77. The summed E-state index contributed by atoms with van der Waals surface area (Å²) in [4.78, 5) is 32.2. The van der Waals surface area contributed by atoms with Crippen LogP contribution < -0.4 is 4.74 Å². The molecule has 164 valence electrons. The highest BCUT2D eigenvalue weighted by Gasteiger charge is 2.44. The minimum atomic E-state index is -0.611. The van der Waals surface area contributed by atoms with Crippen LogP contribution in [-0.4, -0.2) is 40.3 Å². The maximum Gasteiger partial charge on any atom is 0.338 e. The highest BCUT2D eigenvalue weighted by atomic mass is 32.2. The lowest BCUT2D eigenvalue weighted by Gasteiger charge is -2.30. The molecule has 2 heterocycles. The monoisotopic (exact) mass is 448 g/mol. The summed E-state index contributed by atoms with van der Waals surface area (Å²) >= 11 is 1.40. The molecule has 1 fully saturated rings. The van der Waals surface area contributed by atoms with E-state index < -0.39 is 12.0 Å². The molecule has 1 saturated heterocycles. The van der Waals surface area contributed by atoms with Crippen LogP contribution in [0.4, 0.5) is 0 Å². The largest absolute Gasteiger partial charge is 0.496 e. The average molecular weight is 449 g/mol. The third-order valence-electron chi connectivity index (χ3n) is 5.33. The van der Waals surface area contributed by atoms with Crippen LogP contribution in [0.5, 0.6) is 5.75 Å². The Bertz CT molecular complexity index is 1120. The van der Waals surface area contributed by atoms with Gasteiger partial charge in [0.15, 0.2) is 5.17 Å². The molecule has 2 atom stereocenters. The summed E-state index contributed by atoms with van der Waals surface area (Å²) < 4.78 is 11.0. The molecule has 0 radical (unpaired) electrons. The zero-order valence-corrected chi connectivity index (χ0v) is 19.0. The van der Waals surface area contributed by atoms with Crippen molar-refractivity contribution in [2.75, 3.05) is 7.11 Å². The van der Waals surface area contributed by atoms with Crippen molar-refractivity contribution in [1.82, 2.24) is 4.90 Å². The van der Waals surface area contributed by atoms with Crippen LogP contribution in [0.1, 0.15) is 25.0 Å². The van der Waals surface area contributed by atoms with E-state index >= 15 is 0 Å². The fraction of sp³-hybridized carbons (Fsp3) is 0.240. The van der Waals surface area contributed by atoms with E-state index in [0.717, 1.165) is 11.1 Å². The molecule has 32 heavy (non-hydrogen) atoms. The van der Waals surface area contributed by atoms with Crippen LogP contribution in [-0.2, 0) is 20.9 Å². The summed E-state index contributed by atoms with van der Waals surface area (Å²) in [7, 11) is 1.61. The third kappa shape index (κ3) is 4.34. The summed E-state index contributed by atoms with van der Waals surface area (Å²) in [5.41, 5.74) is 2.65. The fourth-order valence-electron chi connectivity index (χ4n) is 3.69. The maximum atomic E-state index is 13.2. The van der Waals surface area contributed by atoms with Crippen molar-refractivity contribution in [3.05, 3.63) is 83.1 Å². The predicted octanol–water partition coefficient (Wildman–Crippen LogP) is 4.43. The molecule has 0 aliphatic carbocycles. The van der Waals surface area contributed by atoms with Gasteiger partial charge in [0.1, 0.15) is 12.4 Å². The number of benzene rings is 2. The molecule has 4 rings (SSSR count). The predicted molar refractivity (Wildman–Crippen MR) is 126 cm³/mol. The normalized spacial score (nSPS) is 20.4. The van der Waals surface area contributed by atoms with Crippen molar-refractivity contribution < 1.29 is 19.1 Å². The minimum Gasteiger partial charge on any atom is -0.496 e. The lowest BCUT2D eigenvalue weighted by molar-refractivity contribution is -0.141. The number of hydrogen-bond donors (Lipinski definition) is 0. The van der Waals surface area contributed by atoms with E-state index in [9.17, 15) is 9.59 Å². The van der Waals surface area contributed by atoms with Gasteiger partial charge in [-0.15, -0.1) is 0 Å². The number of amidine groups is 1. The number of carbonyl (C=O) groups excluding carboxylic acids is 2. The SMILES string of the molecule is COc1ccccc1/C=C/[C@H]1C(C(=O)OCc2ccccc2)=C(C)N=C2S[C@H](C)C(=O)N21. The first-order valence-electron chi connectivity index (χ1n) is 10.3. The Kier molecular flexibility index (Phi) is 6.46. The topological polar surface area (TPSA) is 68.2 Å². The Morgan fingerprint density at radius 2 is 1.88 bits per heavy atom. The van der Waals surface area contributed by atoms with Crippen molar-refractivity contribution >= 4 is 34.9 Å². The van der Waals surface area contributed by atoms with Crippen molar-refractivity contribution in [3.63, 3.8) is 0 Å². The molecule has 0 saturated carbocycles. The Morgan fingerprint density at radius 1 is 1.16 bits per heavy atom. The number of nitrogens with zero attached hydrogens (tertiary/aromatic N) is 2. The number of esters is 1. The first kappa shape index (κ1) is 21.9. The van der Waals surface area contributed by atoms with Gasteiger partial charge in [0, 0.05) is 5.56 Å². The fourth-order valence-corrected chi connectivity index (χ4v) is 4.73. The number of methoxy groups -OCH3 is 1. The number of carbonyl (C=O) groups is 2. The van der Waals surface area contributed by atoms with E-state index in [1.54, 1.807) is 18.9 Å². The molecule has 7 heteroatoms. The first-order valence-corrected chi connectivity index (χ1v) is 11.2. The molecule has 2 aromatic carbocycles. The zero-order valence-electron chi connectivity index (χ0n) is 18.1. The summed E-state index contributed by atoms with van der Waals surface area (Å²) in [6, 6.07) is 16.5. The third-order valence-corrected chi connectivity index (χ3v) is 6.38. The van der Waals surface area contributed by atoms with Gasteiger partial charge in [-0.1, -0.05) is 72.4 Å². The standard InChI is InChI=1S/C25H24N2O4S/c1-16-22(24(29)31-15-18-9-5-4-6-10-18)20(27-23(28)17(2)32-25(27)26-16)14-13-19-11-7-8-12-21(19)30-3/h4-14,17,20H,15H2,1-3H3/b14-13+/t17-,20+/m1/s1.